The Morgan fingerprint density at radius 2 is 1.70 bits per heavy atom. The molecule has 3 aliphatic rings. The Morgan fingerprint density at radius 3 is 2.30 bits per heavy atom. The van der Waals surface area contributed by atoms with E-state index in [1.807, 2.05) is 0 Å². The number of hydrogen-bond donors (Lipinski definition) is 1. The first-order chi connectivity index (χ1) is 13.0. The maximum atomic E-state index is 12.9. The van der Waals surface area contributed by atoms with E-state index in [2.05, 4.69) is 9.80 Å². The number of ketones is 1. The summed E-state index contributed by atoms with van der Waals surface area (Å²) < 4.78 is 12.9. The van der Waals surface area contributed by atoms with Crippen LogP contribution in [0.2, 0.25) is 0 Å². The van der Waals surface area contributed by atoms with Crippen LogP contribution in [-0.2, 0) is 4.79 Å². The number of halogens is 1. The minimum atomic E-state index is -0.402. The number of carbonyl (C=O) groups excluding carboxylic acids is 2. The molecule has 2 heterocycles. The summed E-state index contributed by atoms with van der Waals surface area (Å²) in [5.74, 6) is 0.279. The summed E-state index contributed by atoms with van der Waals surface area (Å²) in [5.41, 5.74) is 6.01. The van der Waals surface area contributed by atoms with Gasteiger partial charge in [0.25, 0.3) is 0 Å². The van der Waals surface area contributed by atoms with Crippen molar-refractivity contribution in [2.24, 2.45) is 17.6 Å². The van der Waals surface area contributed by atoms with E-state index in [-0.39, 0.29) is 17.5 Å². The van der Waals surface area contributed by atoms with Gasteiger partial charge in [-0.25, -0.2) is 4.39 Å². The Hall–Kier alpha value is -1.79. The van der Waals surface area contributed by atoms with E-state index in [1.165, 1.54) is 18.6 Å². The zero-order valence-corrected chi connectivity index (χ0v) is 15.7. The molecule has 6 heteroatoms. The first kappa shape index (κ1) is 18.6. The third kappa shape index (κ3) is 3.29. The second kappa shape index (κ2) is 7.32. The van der Waals surface area contributed by atoms with Gasteiger partial charge in [-0.2, -0.15) is 0 Å². The van der Waals surface area contributed by atoms with Gasteiger partial charge in [0.2, 0.25) is 5.91 Å². The van der Waals surface area contributed by atoms with E-state index in [4.69, 9.17) is 5.73 Å². The molecule has 1 aliphatic carbocycles. The van der Waals surface area contributed by atoms with Crippen molar-refractivity contribution >= 4 is 11.7 Å². The van der Waals surface area contributed by atoms with Crippen LogP contribution in [0.3, 0.4) is 0 Å². The highest BCUT2D eigenvalue weighted by Gasteiger charge is 2.74. The Bertz CT molecular complexity index is 703. The van der Waals surface area contributed by atoms with Crippen LogP contribution in [0, 0.1) is 17.7 Å². The molecule has 2 saturated heterocycles. The third-order valence-corrected chi connectivity index (χ3v) is 6.74. The summed E-state index contributed by atoms with van der Waals surface area (Å²) in [4.78, 5) is 29.2. The first-order valence-electron chi connectivity index (χ1n) is 10.1. The fraction of sp³-hybridized carbons (Fsp3) is 0.619. The predicted octanol–water partition coefficient (Wildman–Crippen LogP) is 2.06. The number of hydrogen-bond acceptors (Lipinski definition) is 4. The third-order valence-electron chi connectivity index (χ3n) is 6.74. The molecule has 1 aromatic rings. The van der Waals surface area contributed by atoms with Crippen LogP contribution in [0.4, 0.5) is 4.39 Å². The lowest BCUT2D eigenvalue weighted by Gasteiger charge is -2.37. The summed E-state index contributed by atoms with van der Waals surface area (Å²) in [6.45, 7) is 4.63. The van der Waals surface area contributed by atoms with E-state index in [0.29, 0.717) is 23.8 Å². The molecular weight excluding hydrogens is 345 g/mol. The number of nitrogens with zero attached hydrogens (tertiary/aromatic N) is 2. The van der Waals surface area contributed by atoms with Gasteiger partial charge in [0.1, 0.15) is 11.4 Å². The van der Waals surface area contributed by atoms with Gasteiger partial charge in [-0.1, -0.05) is 6.42 Å². The number of piperidine rings is 2. The molecule has 0 radical (unpaired) electrons. The SMILES string of the molecule is NC(=O)C1(N2CCCCC2)[C@@H]2CN(CCCC(=O)c3ccc(F)cc3)C[C@@H]21. The fourth-order valence-electron chi connectivity index (χ4n) is 5.37. The van der Waals surface area contributed by atoms with Crippen LogP contribution in [0.25, 0.3) is 0 Å². The Morgan fingerprint density at radius 1 is 1.07 bits per heavy atom. The Kier molecular flexibility index (Phi) is 5.03. The van der Waals surface area contributed by atoms with E-state index in [0.717, 1.165) is 52.0 Å². The number of Topliss-reactive ketones (excluding diaryl/α,β-unsaturated/α-hetero) is 1. The molecular formula is C21H28FN3O2. The summed E-state index contributed by atoms with van der Waals surface area (Å²) in [7, 11) is 0. The molecule has 1 unspecified atom stereocenters. The first-order valence-corrected chi connectivity index (χ1v) is 10.1. The quantitative estimate of drug-likeness (QED) is 0.743. The summed E-state index contributed by atoms with van der Waals surface area (Å²) in [5, 5.41) is 0. The van der Waals surface area contributed by atoms with Gasteiger partial charge in [0.05, 0.1) is 0 Å². The molecule has 2 N–H and O–H groups in total. The second-order valence-electron chi connectivity index (χ2n) is 8.24. The number of nitrogens with two attached hydrogens (primary N) is 1. The zero-order valence-electron chi connectivity index (χ0n) is 15.7. The van der Waals surface area contributed by atoms with Crippen molar-refractivity contribution in [3.8, 4) is 0 Å². The van der Waals surface area contributed by atoms with E-state index < -0.39 is 5.54 Å². The molecule has 4 rings (SSSR count). The minimum Gasteiger partial charge on any atom is -0.368 e. The van der Waals surface area contributed by atoms with Crippen molar-refractivity contribution in [2.75, 3.05) is 32.7 Å². The molecule has 0 aromatic heterocycles. The highest BCUT2D eigenvalue weighted by molar-refractivity contribution is 5.96. The van der Waals surface area contributed by atoms with Crippen molar-refractivity contribution in [1.82, 2.24) is 9.80 Å². The lowest BCUT2D eigenvalue weighted by molar-refractivity contribution is -0.127. The maximum Gasteiger partial charge on any atom is 0.238 e. The van der Waals surface area contributed by atoms with Gasteiger partial charge in [-0.15, -0.1) is 0 Å². The van der Waals surface area contributed by atoms with Gasteiger partial charge in [0.15, 0.2) is 5.78 Å². The fourth-order valence-corrected chi connectivity index (χ4v) is 5.37. The van der Waals surface area contributed by atoms with Crippen LogP contribution in [0.15, 0.2) is 24.3 Å². The van der Waals surface area contributed by atoms with Crippen LogP contribution < -0.4 is 5.73 Å². The smallest absolute Gasteiger partial charge is 0.238 e. The number of rotatable bonds is 7. The van der Waals surface area contributed by atoms with E-state index in [9.17, 15) is 14.0 Å². The molecule has 0 bridgehead atoms. The normalized spacial score (nSPS) is 30.9. The van der Waals surface area contributed by atoms with Gasteiger partial charge in [-0.05, 0) is 63.2 Å². The van der Waals surface area contributed by atoms with Gasteiger partial charge in [0, 0.05) is 36.9 Å². The molecule has 3 fully saturated rings. The predicted molar refractivity (Wildman–Crippen MR) is 101 cm³/mol. The van der Waals surface area contributed by atoms with Crippen molar-refractivity contribution in [2.45, 2.75) is 37.6 Å². The highest BCUT2D eigenvalue weighted by atomic mass is 19.1. The number of primary amides is 1. The molecule has 27 heavy (non-hydrogen) atoms. The van der Waals surface area contributed by atoms with Crippen molar-refractivity contribution < 1.29 is 14.0 Å². The average Bonchev–Trinajstić information content (AvgIpc) is 3.09. The molecule has 1 aromatic carbocycles. The van der Waals surface area contributed by atoms with Crippen LogP contribution in [0.1, 0.15) is 42.5 Å². The number of carbonyl (C=O) groups is 2. The van der Waals surface area contributed by atoms with Crippen LogP contribution >= 0.6 is 0 Å². The average molecular weight is 373 g/mol. The second-order valence-corrected chi connectivity index (χ2v) is 8.24. The Labute approximate surface area is 159 Å². The van der Waals surface area contributed by atoms with Crippen molar-refractivity contribution in [3.05, 3.63) is 35.6 Å². The van der Waals surface area contributed by atoms with Crippen molar-refractivity contribution in [3.63, 3.8) is 0 Å². The maximum absolute atomic E-state index is 12.9. The Balaban J connectivity index is 1.26. The lowest BCUT2D eigenvalue weighted by atomic mass is 10.0. The van der Waals surface area contributed by atoms with Gasteiger partial charge in [-0.3, -0.25) is 14.5 Å². The van der Waals surface area contributed by atoms with Crippen molar-refractivity contribution in [1.29, 1.82) is 0 Å². The number of likely N-dealkylation sites (tertiary alicyclic amines) is 2. The number of amides is 1. The topological polar surface area (TPSA) is 66.6 Å². The minimum absolute atomic E-state index is 0.0548. The summed E-state index contributed by atoms with van der Waals surface area (Å²) in [6.07, 6.45) is 4.80. The summed E-state index contributed by atoms with van der Waals surface area (Å²) in [6, 6.07) is 5.74. The molecule has 1 amide bonds. The molecule has 1 saturated carbocycles. The van der Waals surface area contributed by atoms with Crippen LogP contribution in [-0.4, -0.2) is 59.8 Å². The zero-order chi connectivity index (χ0) is 19.0. The van der Waals surface area contributed by atoms with E-state index in [1.54, 1.807) is 12.1 Å². The molecule has 5 nitrogen and oxygen atoms in total. The standard InChI is InChI=1S/C21H28FN3O2/c22-16-8-6-15(7-9-16)19(26)5-4-10-24-13-17-18(14-24)21(17,20(23)27)25-11-2-1-3-12-25/h6-9,17-18H,1-5,10-14H2,(H2,23,27)/t17-,18+,21?. The number of benzene rings is 1. The van der Waals surface area contributed by atoms with Gasteiger partial charge >= 0.3 is 0 Å². The number of fused-ring (bicyclic) bond motifs is 1. The molecule has 0 spiro atoms. The largest absolute Gasteiger partial charge is 0.368 e. The van der Waals surface area contributed by atoms with Crippen LogP contribution in [0.5, 0.6) is 0 Å². The molecule has 146 valence electrons. The highest BCUT2D eigenvalue weighted by Crippen LogP contribution is 2.59. The molecule has 3 atom stereocenters. The van der Waals surface area contributed by atoms with E-state index >= 15 is 0 Å². The summed E-state index contributed by atoms with van der Waals surface area (Å²) >= 11 is 0. The monoisotopic (exact) mass is 373 g/mol. The lowest BCUT2D eigenvalue weighted by Crippen LogP contribution is -2.54. The van der Waals surface area contributed by atoms with Gasteiger partial charge < -0.3 is 10.6 Å². The molecule has 2 aliphatic heterocycles.